The fraction of sp³-hybridized carbons (Fsp3) is 0.500. The van der Waals surface area contributed by atoms with Crippen LogP contribution in [0.1, 0.15) is 12.6 Å². The van der Waals surface area contributed by atoms with E-state index in [2.05, 4.69) is 15.5 Å². The molecule has 0 saturated heterocycles. The van der Waals surface area contributed by atoms with Crippen molar-refractivity contribution in [3.63, 3.8) is 0 Å². The van der Waals surface area contributed by atoms with Crippen LogP contribution in [0.2, 0.25) is 0 Å². The number of carbonyl (C=O) groups excluding carboxylic acids is 1. The van der Waals surface area contributed by atoms with Gasteiger partial charge in [-0.15, -0.1) is 0 Å². The Morgan fingerprint density at radius 3 is 2.73 bits per heavy atom. The van der Waals surface area contributed by atoms with Crippen molar-refractivity contribution in [1.29, 1.82) is 0 Å². The van der Waals surface area contributed by atoms with E-state index in [0.717, 1.165) is 18.4 Å². The smallest absolute Gasteiger partial charge is 0.240 e. The zero-order chi connectivity index (χ0) is 11.5. The fourth-order valence-electron chi connectivity index (χ4n) is 1.02. The molecule has 7 heteroatoms. The molecule has 2 N–H and O–H groups in total. The molecule has 6 nitrogen and oxygen atoms in total. The highest BCUT2D eigenvalue weighted by atomic mass is 32.2. The predicted octanol–water partition coefficient (Wildman–Crippen LogP) is -0.0448. The molecule has 0 aliphatic rings. The van der Waals surface area contributed by atoms with Gasteiger partial charge in [0.2, 0.25) is 5.91 Å². The second kappa shape index (κ2) is 4.43. The Bertz CT molecular complexity index is 449. The highest BCUT2D eigenvalue weighted by molar-refractivity contribution is 7.91. The maximum atomic E-state index is 11.2. The van der Waals surface area contributed by atoms with Crippen LogP contribution in [0.5, 0.6) is 0 Å². The first-order valence-corrected chi connectivity index (χ1v) is 6.48. The molecule has 0 saturated carbocycles. The van der Waals surface area contributed by atoms with Crippen molar-refractivity contribution in [2.24, 2.45) is 0 Å². The quantitative estimate of drug-likeness (QED) is 0.760. The van der Waals surface area contributed by atoms with E-state index in [4.69, 9.17) is 0 Å². The van der Waals surface area contributed by atoms with Gasteiger partial charge >= 0.3 is 0 Å². The topological polar surface area (TPSA) is 91.9 Å². The van der Waals surface area contributed by atoms with Crippen molar-refractivity contribution in [2.75, 3.05) is 17.3 Å². The van der Waals surface area contributed by atoms with Gasteiger partial charge in [0.25, 0.3) is 0 Å². The molecule has 1 amide bonds. The molecule has 1 heterocycles. The minimum atomic E-state index is -3.29. The van der Waals surface area contributed by atoms with Gasteiger partial charge in [0, 0.05) is 18.0 Å². The summed E-state index contributed by atoms with van der Waals surface area (Å²) in [6.45, 7) is 1.94. The minimum Gasteiger partial charge on any atom is -0.308 e. The number of nitrogens with zero attached hydrogens (tertiary/aromatic N) is 1. The number of amides is 1. The zero-order valence-corrected chi connectivity index (χ0v) is 9.39. The number of rotatable bonds is 4. The number of hydrogen-bond donors (Lipinski definition) is 2. The Morgan fingerprint density at radius 1 is 1.60 bits per heavy atom. The highest BCUT2D eigenvalue weighted by Crippen LogP contribution is 2.05. The first-order chi connectivity index (χ1) is 6.90. The summed E-state index contributed by atoms with van der Waals surface area (Å²) in [6, 6.07) is 1.67. The van der Waals surface area contributed by atoms with Crippen molar-refractivity contribution in [3.8, 4) is 0 Å². The van der Waals surface area contributed by atoms with Crippen molar-refractivity contribution in [3.05, 3.63) is 11.8 Å². The summed E-state index contributed by atoms with van der Waals surface area (Å²) in [4.78, 5) is 11.2. The van der Waals surface area contributed by atoms with Crippen molar-refractivity contribution in [2.45, 2.75) is 13.3 Å². The van der Waals surface area contributed by atoms with E-state index < -0.39 is 21.5 Å². The SMILES string of the molecule is CCc1cc(NC(=O)CS(C)(=O)=O)n[nH]1. The molecule has 0 spiro atoms. The summed E-state index contributed by atoms with van der Waals surface area (Å²) < 4.78 is 21.6. The first kappa shape index (κ1) is 11.7. The van der Waals surface area contributed by atoms with Crippen molar-refractivity contribution >= 4 is 21.6 Å². The number of carbonyl (C=O) groups is 1. The molecular formula is C8H13N3O3S. The van der Waals surface area contributed by atoms with E-state index in [1.807, 2.05) is 6.92 Å². The monoisotopic (exact) mass is 231 g/mol. The normalized spacial score (nSPS) is 11.3. The third-order valence-electron chi connectivity index (χ3n) is 1.67. The molecule has 84 valence electrons. The molecular weight excluding hydrogens is 218 g/mol. The molecule has 1 aromatic heterocycles. The molecule has 0 atom stereocenters. The Morgan fingerprint density at radius 2 is 2.27 bits per heavy atom. The number of aryl methyl sites for hydroxylation is 1. The first-order valence-electron chi connectivity index (χ1n) is 4.42. The second-order valence-electron chi connectivity index (χ2n) is 3.25. The number of anilines is 1. The molecule has 0 aliphatic heterocycles. The van der Waals surface area contributed by atoms with Crippen LogP contribution in [-0.2, 0) is 21.1 Å². The summed E-state index contributed by atoms with van der Waals surface area (Å²) in [6.07, 6.45) is 1.78. The zero-order valence-electron chi connectivity index (χ0n) is 8.57. The third-order valence-corrected chi connectivity index (χ3v) is 2.46. The van der Waals surface area contributed by atoms with Crippen LogP contribution >= 0.6 is 0 Å². The van der Waals surface area contributed by atoms with E-state index in [9.17, 15) is 13.2 Å². The Hall–Kier alpha value is -1.37. The van der Waals surface area contributed by atoms with E-state index in [1.165, 1.54) is 0 Å². The van der Waals surface area contributed by atoms with E-state index in [1.54, 1.807) is 6.07 Å². The number of aromatic amines is 1. The summed E-state index contributed by atoms with van der Waals surface area (Å²) in [5.74, 6) is -0.756. The molecule has 0 fully saturated rings. The van der Waals surface area contributed by atoms with Crippen molar-refractivity contribution in [1.82, 2.24) is 10.2 Å². The largest absolute Gasteiger partial charge is 0.308 e. The van der Waals surface area contributed by atoms with E-state index in [0.29, 0.717) is 5.82 Å². The predicted molar refractivity (Wildman–Crippen MR) is 56.3 cm³/mol. The van der Waals surface area contributed by atoms with Gasteiger partial charge in [-0.05, 0) is 6.42 Å². The molecule has 0 aromatic carbocycles. The maximum absolute atomic E-state index is 11.2. The Balaban J connectivity index is 2.59. The van der Waals surface area contributed by atoms with E-state index >= 15 is 0 Å². The van der Waals surface area contributed by atoms with Gasteiger partial charge in [-0.2, -0.15) is 5.10 Å². The molecule has 0 aliphatic carbocycles. The van der Waals surface area contributed by atoms with Gasteiger partial charge in [0.15, 0.2) is 15.7 Å². The number of aromatic nitrogens is 2. The summed E-state index contributed by atoms with van der Waals surface area (Å²) in [7, 11) is -3.29. The Labute approximate surface area is 88.0 Å². The molecule has 1 rings (SSSR count). The lowest BCUT2D eigenvalue weighted by molar-refractivity contribution is -0.113. The molecule has 0 bridgehead atoms. The van der Waals surface area contributed by atoms with Gasteiger partial charge in [-0.3, -0.25) is 9.89 Å². The lowest BCUT2D eigenvalue weighted by atomic mass is 10.3. The molecule has 0 unspecified atom stereocenters. The lowest BCUT2D eigenvalue weighted by Crippen LogP contribution is -2.22. The second-order valence-corrected chi connectivity index (χ2v) is 5.39. The minimum absolute atomic E-state index is 0.348. The average molecular weight is 231 g/mol. The highest BCUT2D eigenvalue weighted by Gasteiger charge is 2.11. The van der Waals surface area contributed by atoms with Crippen LogP contribution < -0.4 is 5.32 Å². The standard InChI is InChI=1S/C8H13N3O3S/c1-3-6-4-7(11-10-6)9-8(12)5-15(2,13)14/h4H,3,5H2,1-2H3,(H2,9,10,11,12). The maximum Gasteiger partial charge on any atom is 0.240 e. The Kier molecular flexibility index (Phi) is 3.46. The number of nitrogens with one attached hydrogen (secondary N) is 2. The van der Waals surface area contributed by atoms with Crippen LogP contribution in [0.15, 0.2) is 6.07 Å². The van der Waals surface area contributed by atoms with Gasteiger partial charge < -0.3 is 5.32 Å². The third kappa shape index (κ3) is 4.11. The van der Waals surface area contributed by atoms with Gasteiger partial charge in [0.1, 0.15) is 5.75 Å². The number of sulfone groups is 1. The number of H-pyrrole nitrogens is 1. The fourth-order valence-corrected chi connectivity index (χ4v) is 1.57. The van der Waals surface area contributed by atoms with Crippen molar-refractivity contribution < 1.29 is 13.2 Å². The van der Waals surface area contributed by atoms with Crippen LogP contribution in [0, 0.1) is 0 Å². The summed E-state index contributed by atoms with van der Waals surface area (Å²) in [5, 5.41) is 8.91. The van der Waals surface area contributed by atoms with Crippen LogP contribution in [-0.4, -0.2) is 36.5 Å². The van der Waals surface area contributed by atoms with Crippen LogP contribution in [0.25, 0.3) is 0 Å². The van der Waals surface area contributed by atoms with Gasteiger partial charge in [-0.25, -0.2) is 8.42 Å². The molecule has 1 aromatic rings. The molecule has 0 radical (unpaired) electrons. The summed E-state index contributed by atoms with van der Waals surface area (Å²) in [5.41, 5.74) is 0.879. The average Bonchev–Trinajstić information content (AvgIpc) is 2.48. The van der Waals surface area contributed by atoms with Gasteiger partial charge in [-0.1, -0.05) is 6.92 Å². The van der Waals surface area contributed by atoms with Crippen LogP contribution in [0.3, 0.4) is 0 Å². The van der Waals surface area contributed by atoms with Crippen LogP contribution in [0.4, 0.5) is 5.82 Å². The lowest BCUT2D eigenvalue weighted by Gasteiger charge is -1.98. The van der Waals surface area contributed by atoms with Gasteiger partial charge in [0.05, 0.1) is 0 Å². The summed E-state index contributed by atoms with van der Waals surface area (Å²) >= 11 is 0. The van der Waals surface area contributed by atoms with E-state index in [-0.39, 0.29) is 0 Å². The molecule has 15 heavy (non-hydrogen) atoms. The number of hydrogen-bond acceptors (Lipinski definition) is 4.